The summed E-state index contributed by atoms with van der Waals surface area (Å²) in [6.45, 7) is 6.20. The molecule has 0 saturated heterocycles. The second kappa shape index (κ2) is 5.04. The molecule has 3 rings (SSSR count). The summed E-state index contributed by atoms with van der Waals surface area (Å²) < 4.78 is 7.95. The number of fused-ring (bicyclic) bond motifs is 1. The summed E-state index contributed by atoms with van der Waals surface area (Å²) in [7, 11) is 0. The van der Waals surface area contributed by atoms with Crippen LogP contribution in [0, 0.1) is 6.92 Å². The Kier molecular flexibility index (Phi) is 2.92. The van der Waals surface area contributed by atoms with Crippen molar-refractivity contribution in [3.8, 4) is 11.3 Å². The Hall–Kier alpha value is -2.22. The summed E-state index contributed by atoms with van der Waals surface area (Å²) >= 11 is 0. The van der Waals surface area contributed by atoms with E-state index in [9.17, 15) is 0 Å². The van der Waals surface area contributed by atoms with Crippen molar-refractivity contribution in [2.24, 2.45) is 0 Å². The molecule has 0 aliphatic carbocycles. The van der Waals surface area contributed by atoms with Crippen LogP contribution in [0.25, 0.3) is 22.3 Å². The molecule has 0 aliphatic rings. The number of benzene rings is 2. The molecule has 0 N–H and O–H groups in total. The van der Waals surface area contributed by atoms with Crippen LogP contribution >= 0.6 is 0 Å². The Morgan fingerprint density at radius 1 is 1.00 bits per heavy atom. The van der Waals surface area contributed by atoms with Crippen LogP contribution in [0.4, 0.5) is 0 Å². The SMILES string of the molecule is [2H]c1cc2nc(-c3ccccc3)c(C(C)C)nc2cc1C. The molecule has 0 unspecified atom stereocenters. The molecule has 100 valence electrons. The summed E-state index contributed by atoms with van der Waals surface area (Å²) in [5.74, 6) is 0.299. The van der Waals surface area contributed by atoms with Crippen LogP contribution < -0.4 is 0 Å². The van der Waals surface area contributed by atoms with Crippen molar-refractivity contribution in [3.05, 3.63) is 59.8 Å². The van der Waals surface area contributed by atoms with E-state index < -0.39 is 0 Å². The molecule has 1 aromatic heterocycles. The lowest BCUT2D eigenvalue weighted by Crippen LogP contribution is -2.01. The highest BCUT2D eigenvalue weighted by Gasteiger charge is 2.13. The molecule has 1 heterocycles. The summed E-state index contributed by atoms with van der Waals surface area (Å²) in [4.78, 5) is 9.59. The van der Waals surface area contributed by atoms with Crippen LogP contribution in [0.3, 0.4) is 0 Å². The normalized spacial score (nSPS) is 11.9. The molecule has 0 bridgehead atoms. The standard InChI is InChI=1S/C18H18N2/c1-12(2)17-18(14-7-5-4-6-8-14)19-15-10-9-13(3)11-16(15)20-17/h4-12H,1-3H3/i9D. The number of hydrogen-bond acceptors (Lipinski definition) is 2. The fraction of sp³-hybridized carbons (Fsp3) is 0.222. The van der Waals surface area contributed by atoms with E-state index in [-0.39, 0.29) is 0 Å². The van der Waals surface area contributed by atoms with E-state index in [1.165, 1.54) is 0 Å². The first kappa shape index (κ1) is 11.6. The van der Waals surface area contributed by atoms with Crippen LogP contribution in [-0.4, -0.2) is 9.97 Å². The van der Waals surface area contributed by atoms with Crippen LogP contribution in [-0.2, 0) is 0 Å². The summed E-state index contributed by atoms with van der Waals surface area (Å²) in [6.07, 6.45) is 0. The molecule has 20 heavy (non-hydrogen) atoms. The van der Waals surface area contributed by atoms with Crippen molar-refractivity contribution in [2.75, 3.05) is 0 Å². The minimum absolute atomic E-state index is 0.299. The van der Waals surface area contributed by atoms with Gasteiger partial charge in [0.05, 0.1) is 23.8 Å². The summed E-state index contributed by atoms with van der Waals surface area (Å²) in [5, 5.41) is 0. The highest BCUT2D eigenvalue weighted by Crippen LogP contribution is 2.28. The van der Waals surface area contributed by atoms with E-state index in [1.54, 1.807) is 6.07 Å². The fourth-order valence-electron chi connectivity index (χ4n) is 2.33. The molecule has 2 nitrogen and oxygen atoms in total. The van der Waals surface area contributed by atoms with Crippen LogP contribution in [0.15, 0.2) is 48.5 Å². The first-order valence-electron chi connectivity index (χ1n) is 7.40. The van der Waals surface area contributed by atoms with Crippen molar-refractivity contribution in [3.63, 3.8) is 0 Å². The average Bonchev–Trinajstić information content (AvgIpc) is 2.48. The number of hydrogen-bond donors (Lipinski definition) is 0. The first-order chi connectivity index (χ1) is 10.1. The number of rotatable bonds is 2. The molecule has 2 heteroatoms. The van der Waals surface area contributed by atoms with Gasteiger partial charge in [0.15, 0.2) is 0 Å². The van der Waals surface area contributed by atoms with E-state index in [4.69, 9.17) is 11.3 Å². The Balaban J connectivity index is 2.32. The number of aryl methyl sites for hydroxylation is 1. The zero-order valence-electron chi connectivity index (χ0n) is 13.0. The van der Waals surface area contributed by atoms with Crippen molar-refractivity contribution < 1.29 is 1.37 Å². The van der Waals surface area contributed by atoms with Crippen LogP contribution in [0.5, 0.6) is 0 Å². The molecule has 0 aliphatic heterocycles. The van der Waals surface area contributed by atoms with Crippen LogP contribution in [0.2, 0.25) is 0 Å². The molecule has 2 aromatic carbocycles. The average molecular weight is 263 g/mol. The zero-order chi connectivity index (χ0) is 15.0. The van der Waals surface area contributed by atoms with Gasteiger partial charge in [0.25, 0.3) is 0 Å². The molecule has 0 radical (unpaired) electrons. The number of aromatic nitrogens is 2. The monoisotopic (exact) mass is 263 g/mol. The van der Waals surface area contributed by atoms with Gasteiger partial charge >= 0.3 is 0 Å². The smallest absolute Gasteiger partial charge is 0.0927 e. The minimum atomic E-state index is 0.299. The minimum Gasteiger partial charge on any atom is -0.249 e. The molecule has 3 aromatic rings. The maximum absolute atomic E-state index is 7.95. The van der Waals surface area contributed by atoms with E-state index >= 15 is 0 Å². The third-order valence-electron chi connectivity index (χ3n) is 3.36. The highest BCUT2D eigenvalue weighted by atomic mass is 14.8. The number of nitrogens with zero attached hydrogens (tertiary/aromatic N) is 2. The van der Waals surface area contributed by atoms with Gasteiger partial charge in [-0.25, -0.2) is 9.97 Å². The van der Waals surface area contributed by atoms with Crippen molar-refractivity contribution >= 4 is 11.0 Å². The Morgan fingerprint density at radius 2 is 1.75 bits per heavy atom. The Labute approximate surface area is 120 Å². The molecule has 0 spiro atoms. The molecule has 0 saturated carbocycles. The summed E-state index contributed by atoms with van der Waals surface area (Å²) in [5.41, 5.74) is 5.58. The Morgan fingerprint density at radius 3 is 2.45 bits per heavy atom. The lowest BCUT2D eigenvalue weighted by molar-refractivity contribution is 0.825. The zero-order valence-corrected chi connectivity index (χ0v) is 12.0. The van der Waals surface area contributed by atoms with Crippen molar-refractivity contribution in [2.45, 2.75) is 26.7 Å². The molecular weight excluding hydrogens is 244 g/mol. The van der Waals surface area contributed by atoms with Gasteiger partial charge in [0.2, 0.25) is 0 Å². The van der Waals surface area contributed by atoms with Gasteiger partial charge in [-0.05, 0) is 30.5 Å². The molecule has 0 atom stereocenters. The molecule has 0 fully saturated rings. The van der Waals surface area contributed by atoms with E-state index in [0.717, 1.165) is 33.5 Å². The van der Waals surface area contributed by atoms with E-state index in [0.29, 0.717) is 12.0 Å². The van der Waals surface area contributed by atoms with Gasteiger partial charge in [-0.3, -0.25) is 0 Å². The van der Waals surface area contributed by atoms with E-state index in [1.807, 2.05) is 31.2 Å². The van der Waals surface area contributed by atoms with Crippen LogP contribution in [0.1, 0.15) is 32.4 Å². The maximum Gasteiger partial charge on any atom is 0.0927 e. The molecule has 0 amide bonds. The quantitative estimate of drug-likeness (QED) is 0.668. The lowest BCUT2D eigenvalue weighted by Gasteiger charge is -2.13. The van der Waals surface area contributed by atoms with Gasteiger partial charge < -0.3 is 0 Å². The van der Waals surface area contributed by atoms with Gasteiger partial charge in [0.1, 0.15) is 0 Å². The second-order valence-corrected chi connectivity index (χ2v) is 5.36. The second-order valence-electron chi connectivity index (χ2n) is 5.36. The topological polar surface area (TPSA) is 25.8 Å². The van der Waals surface area contributed by atoms with Gasteiger partial charge in [0, 0.05) is 5.56 Å². The fourth-order valence-corrected chi connectivity index (χ4v) is 2.33. The van der Waals surface area contributed by atoms with Crippen molar-refractivity contribution in [1.29, 1.82) is 0 Å². The highest BCUT2D eigenvalue weighted by molar-refractivity contribution is 5.79. The third-order valence-corrected chi connectivity index (χ3v) is 3.36. The van der Waals surface area contributed by atoms with Gasteiger partial charge in [-0.15, -0.1) is 0 Å². The van der Waals surface area contributed by atoms with E-state index in [2.05, 4.69) is 26.0 Å². The Bertz CT molecular complexity index is 795. The predicted octanol–water partition coefficient (Wildman–Crippen LogP) is 4.73. The largest absolute Gasteiger partial charge is 0.249 e. The van der Waals surface area contributed by atoms with Gasteiger partial charge in [-0.2, -0.15) is 0 Å². The predicted molar refractivity (Wildman–Crippen MR) is 83.8 cm³/mol. The third kappa shape index (κ3) is 2.29. The molecular formula is C18H18N2. The first-order valence-corrected chi connectivity index (χ1v) is 6.90. The lowest BCUT2D eigenvalue weighted by atomic mass is 10.0. The van der Waals surface area contributed by atoms with Gasteiger partial charge in [-0.1, -0.05) is 50.2 Å². The summed E-state index contributed by atoms with van der Waals surface area (Å²) in [6, 6.07) is 14.4. The van der Waals surface area contributed by atoms with Crippen molar-refractivity contribution in [1.82, 2.24) is 9.97 Å². The maximum atomic E-state index is 7.95.